The number of aromatic nitrogens is 2. The van der Waals surface area contributed by atoms with E-state index in [2.05, 4.69) is 27.5 Å². The lowest BCUT2D eigenvalue weighted by molar-refractivity contribution is 0.391. The largest absolute Gasteiger partial charge is 0.383 e. The van der Waals surface area contributed by atoms with Crippen LogP contribution in [0.3, 0.4) is 0 Å². The van der Waals surface area contributed by atoms with Gasteiger partial charge in [0.15, 0.2) is 0 Å². The van der Waals surface area contributed by atoms with Crippen LogP contribution in [0.25, 0.3) is 21.3 Å². The Kier molecular flexibility index (Phi) is 3.38. The molecule has 0 aliphatic heterocycles. The molecule has 2 aromatic heterocycles. The summed E-state index contributed by atoms with van der Waals surface area (Å²) in [7, 11) is 3.99. The first kappa shape index (κ1) is 13.0. The zero-order valence-electron chi connectivity index (χ0n) is 11.5. The second-order valence-corrected chi connectivity index (χ2v) is 5.82. The van der Waals surface area contributed by atoms with Gasteiger partial charge >= 0.3 is 0 Å². The van der Waals surface area contributed by atoms with Crippen LogP contribution in [0.1, 0.15) is 5.82 Å². The number of anilines is 1. The minimum atomic E-state index is 0.562. The Hall–Kier alpha value is -1.98. The van der Waals surface area contributed by atoms with Crippen LogP contribution in [0.5, 0.6) is 0 Å². The number of hydrogen-bond acceptors (Lipinski definition) is 5. The Bertz CT molecular complexity index is 734. The Balaban J connectivity index is 2.14. The van der Waals surface area contributed by atoms with E-state index in [0.717, 1.165) is 27.2 Å². The van der Waals surface area contributed by atoms with Crippen molar-refractivity contribution in [3.8, 4) is 11.1 Å². The van der Waals surface area contributed by atoms with Crippen molar-refractivity contribution in [3.63, 3.8) is 0 Å². The summed E-state index contributed by atoms with van der Waals surface area (Å²) in [5.74, 6) is 1.33. The molecule has 2 heterocycles. The van der Waals surface area contributed by atoms with Crippen LogP contribution in [0.2, 0.25) is 0 Å². The molecule has 0 spiro atoms. The number of benzene rings is 1. The monoisotopic (exact) mass is 284 g/mol. The zero-order valence-corrected chi connectivity index (χ0v) is 12.3. The fraction of sp³-hybridized carbons (Fsp3) is 0.200. The maximum atomic E-state index is 6.15. The lowest BCUT2D eigenvalue weighted by Crippen LogP contribution is -2.14. The van der Waals surface area contributed by atoms with Gasteiger partial charge < -0.3 is 10.6 Å². The second-order valence-electron chi connectivity index (χ2n) is 4.96. The lowest BCUT2D eigenvalue weighted by atomic mass is 10.1. The molecule has 4 nitrogen and oxygen atoms in total. The maximum absolute atomic E-state index is 6.15. The molecule has 0 unspecified atom stereocenters. The Morgan fingerprint density at radius 3 is 2.60 bits per heavy atom. The van der Waals surface area contributed by atoms with E-state index in [4.69, 9.17) is 5.73 Å². The van der Waals surface area contributed by atoms with Gasteiger partial charge in [0.2, 0.25) is 0 Å². The standard InChI is InChI=1S/C15H16N4S/c1-19(2)8-12-17-14(16)13-11(9-20-15(13)18-12)10-6-4-3-5-7-10/h3-7,9H,8H2,1-2H3,(H2,16,17,18). The van der Waals surface area contributed by atoms with E-state index >= 15 is 0 Å². The van der Waals surface area contributed by atoms with Crippen LogP contribution in [0.4, 0.5) is 5.82 Å². The van der Waals surface area contributed by atoms with E-state index in [-0.39, 0.29) is 0 Å². The Labute approximate surface area is 121 Å². The van der Waals surface area contributed by atoms with E-state index in [1.54, 1.807) is 11.3 Å². The summed E-state index contributed by atoms with van der Waals surface area (Å²) in [4.78, 5) is 12.0. The first-order valence-corrected chi connectivity index (χ1v) is 7.27. The average Bonchev–Trinajstić information content (AvgIpc) is 2.83. The van der Waals surface area contributed by atoms with Crippen LogP contribution in [-0.4, -0.2) is 29.0 Å². The minimum absolute atomic E-state index is 0.562. The smallest absolute Gasteiger partial charge is 0.146 e. The number of hydrogen-bond donors (Lipinski definition) is 1. The van der Waals surface area contributed by atoms with E-state index < -0.39 is 0 Å². The van der Waals surface area contributed by atoms with Gasteiger partial charge in [0.25, 0.3) is 0 Å². The highest BCUT2D eigenvalue weighted by Crippen LogP contribution is 2.35. The molecule has 0 atom stereocenters. The van der Waals surface area contributed by atoms with Crippen molar-refractivity contribution in [2.45, 2.75) is 6.54 Å². The molecule has 0 saturated heterocycles. The summed E-state index contributed by atoms with van der Waals surface area (Å²) < 4.78 is 0. The van der Waals surface area contributed by atoms with Crippen molar-refractivity contribution in [1.82, 2.24) is 14.9 Å². The summed E-state index contributed by atoms with van der Waals surface area (Å²) in [6, 6.07) is 10.2. The number of thiophene rings is 1. The number of nitrogens with two attached hydrogens (primary N) is 1. The number of rotatable bonds is 3. The molecular formula is C15H16N4S. The van der Waals surface area contributed by atoms with Gasteiger partial charge in [-0.25, -0.2) is 9.97 Å². The predicted octanol–water partition coefficient (Wildman–Crippen LogP) is 3.00. The number of nitrogens with zero attached hydrogens (tertiary/aromatic N) is 3. The van der Waals surface area contributed by atoms with Gasteiger partial charge in [0.1, 0.15) is 16.5 Å². The minimum Gasteiger partial charge on any atom is -0.383 e. The van der Waals surface area contributed by atoms with E-state index in [1.165, 1.54) is 0 Å². The first-order chi connectivity index (χ1) is 9.65. The van der Waals surface area contributed by atoms with Gasteiger partial charge in [0, 0.05) is 10.9 Å². The first-order valence-electron chi connectivity index (χ1n) is 6.39. The lowest BCUT2D eigenvalue weighted by Gasteiger charge is -2.09. The fourth-order valence-electron chi connectivity index (χ4n) is 2.20. The van der Waals surface area contributed by atoms with E-state index in [1.807, 2.05) is 37.2 Å². The molecule has 3 aromatic rings. The highest BCUT2D eigenvalue weighted by molar-refractivity contribution is 7.17. The predicted molar refractivity (Wildman–Crippen MR) is 84.7 cm³/mol. The third-order valence-corrected chi connectivity index (χ3v) is 3.92. The molecule has 0 fully saturated rings. The molecule has 0 radical (unpaired) electrons. The molecule has 20 heavy (non-hydrogen) atoms. The Morgan fingerprint density at radius 2 is 1.90 bits per heavy atom. The van der Waals surface area contributed by atoms with Crippen LogP contribution < -0.4 is 5.73 Å². The summed E-state index contributed by atoms with van der Waals surface area (Å²) in [5.41, 5.74) is 8.41. The summed E-state index contributed by atoms with van der Waals surface area (Å²) in [6.07, 6.45) is 0. The van der Waals surface area contributed by atoms with E-state index in [9.17, 15) is 0 Å². The van der Waals surface area contributed by atoms with Gasteiger partial charge in [-0.2, -0.15) is 0 Å². The summed E-state index contributed by atoms with van der Waals surface area (Å²) >= 11 is 1.61. The van der Waals surface area contributed by atoms with Crippen LogP contribution in [0.15, 0.2) is 35.7 Å². The summed E-state index contributed by atoms with van der Waals surface area (Å²) in [6.45, 7) is 0.693. The normalized spacial score (nSPS) is 11.3. The summed E-state index contributed by atoms with van der Waals surface area (Å²) in [5, 5.41) is 3.06. The van der Waals surface area contributed by atoms with Gasteiger partial charge in [0.05, 0.1) is 11.9 Å². The fourth-order valence-corrected chi connectivity index (χ4v) is 3.17. The quantitative estimate of drug-likeness (QED) is 0.803. The molecule has 0 saturated carbocycles. The molecular weight excluding hydrogens is 268 g/mol. The molecule has 0 aliphatic rings. The third-order valence-electron chi connectivity index (χ3n) is 3.05. The van der Waals surface area contributed by atoms with Gasteiger partial charge in [-0.1, -0.05) is 30.3 Å². The van der Waals surface area contributed by atoms with Crippen molar-refractivity contribution in [1.29, 1.82) is 0 Å². The molecule has 1 aromatic carbocycles. The second kappa shape index (κ2) is 5.19. The zero-order chi connectivity index (χ0) is 14.1. The molecule has 0 bridgehead atoms. The van der Waals surface area contributed by atoms with Crippen molar-refractivity contribution in [2.75, 3.05) is 19.8 Å². The molecule has 3 rings (SSSR count). The van der Waals surface area contributed by atoms with Gasteiger partial charge in [-0.05, 0) is 19.7 Å². The number of fused-ring (bicyclic) bond motifs is 1. The molecule has 0 amide bonds. The van der Waals surface area contributed by atoms with E-state index in [0.29, 0.717) is 12.4 Å². The van der Waals surface area contributed by atoms with Crippen molar-refractivity contribution in [2.24, 2.45) is 0 Å². The van der Waals surface area contributed by atoms with Crippen LogP contribution >= 0.6 is 11.3 Å². The molecule has 5 heteroatoms. The average molecular weight is 284 g/mol. The topological polar surface area (TPSA) is 55.0 Å². The third kappa shape index (κ3) is 2.37. The molecule has 0 aliphatic carbocycles. The Morgan fingerprint density at radius 1 is 1.15 bits per heavy atom. The van der Waals surface area contributed by atoms with Crippen LogP contribution in [0, 0.1) is 0 Å². The van der Waals surface area contributed by atoms with Crippen LogP contribution in [-0.2, 0) is 6.54 Å². The highest BCUT2D eigenvalue weighted by atomic mass is 32.1. The highest BCUT2D eigenvalue weighted by Gasteiger charge is 2.13. The SMILES string of the molecule is CN(C)Cc1nc(N)c2c(-c3ccccc3)csc2n1. The number of nitrogen functional groups attached to an aromatic ring is 1. The molecule has 2 N–H and O–H groups in total. The van der Waals surface area contributed by atoms with Crippen molar-refractivity contribution >= 4 is 27.4 Å². The maximum Gasteiger partial charge on any atom is 0.146 e. The van der Waals surface area contributed by atoms with Crippen molar-refractivity contribution in [3.05, 3.63) is 41.5 Å². The van der Waals surface area contributed by atoms with Crippen molar-refractivity contribution < 1.29 is 0 Å². The molecule has 102 valence electrons. The van der Waals surface area contributed by atoms with Gasteiger partial charge in [-0.15, -0.1) is 11.3 Å². The van der Waals surface area contributed by atoms with Gasteiger partial charge in [-0.3, -0.25) is 0 Å².